The molecule has 0 saturated carbocycles. The van der Waals surface area contributed by atoms with Gasteiger partial charge in [-0.2, -0.15) is 42.0 Å². The third-order valence-electron chi connectivity index (χ3n) is 8.53. The smallest absolute Gasteiger partial charge is 0.172 e. The number of hydrogen-bond donors (Lipinski definition) is 0. The molecule has 0 aliphatic heterocycles. The third kappa shape index (κ3) is 10.6. The molecule has 0 N–H and O–H groups in total. The molecule has 0 aromatic heterocycles. The van der Waals surface area contributed by atoms with Gasteiger partial charge in [0, 0.05) is 0 Å². The summed E-state index contributed by atoms with van der Waals surface area (Å²) in [5, 5.41) is 0. The maximum absolute atomic E-state index is 12.5. The zero-order valence-electron chi connectivity index (χ0n) is 27.8. The SMILES string of the molecule is Cc1cc2c(cc1-c1ccccc1)Cc1[c-]c(CC(c3ccccc3)C(C)C)ccc1-2.Fc1cccc(C[CH]=[Zr+2])c1.[Cl-].[Cl-].c1cc[cH-]c1. The van der Waals surface area contributed by atoms with Crippen molar-refractivity contribution in [3.05, 3.63) is 185 Å². The Morgan fingerprint density at radius 1 is 0.771 bits per heavy atom. The van der Waals surface area contributed by atoms with Gasteiger partial charge in [-0.25, -0.2) is 12.1 Å². The Kier molecular flexibility index (Phi) is 16.0. The van der Waals surface area contributed by atoms with E-state index in [0.29, 0.717) is 11.8 Å². The topological polar surface area (TPSA) is 0 Å². The maximum Gasteiger partial charge on any atom is -0.172 e. The Bertz CT molecular complexity index is 1810. The van der Waals surface area contributed by atoms with Crippen molar-refractivity contribution in [2.75, 3.05) is 0 Å². The number of aryl methyl sites for hydroxylation is 1. The molecule has 0 amide bonds. The van der Waals surface area contributed by atoms with E-state index < -0.39 is 0 Å². The molecule has 4 heteroatoms. The Balaban J connectivity index is 0.000000305. The van der Waals surface area contributed by atoms with Crippen LogP contribution < -0.4 is 24.8 Å². The maximum atomic E-state index is 12.5. The molecule has 0 fully saturated rings. The van der Waals surface area contributed by atoms with Crippen molar-refractivity contribution >= 4 is 3.71 Å². The Morgan fingerprint density at radius 2 is 1.46 bits per heavy atom. The van der Waals surface area contributed by atoms with Gasteiger partial charge in [-0.15, -0.1) is 11.1 Å². The predicted molar refractivity (Wildman–Crippen MR) is 190 cm³/mol. The number of fused-ring (bicyclic) bond motifs is 3. The number of halogens is 3. The van der Waals surface area contributed by atoms with E-state index in [0.717, 1.165) is 24.8 Å². The van der Waals surface area contributed by atoms with Crippen molar-refractivity contribution in [3.8, 4) is 22.3 Å². The standard InChI is InChI=1S/C31H29.C8H7F.C5H5.2ClH.Zr/c1-21(2)29(24-10-6-4-7-11-24)18-23-14-15-28-26(17-23)19-27-20-30(22(3)16-31(27)28)25-12-8-5-9-13-25;1-2-7-4-3-5-8(9)6-7;1-2-4-5-3-1;;;/h4-16,20-21,29H,18-19H2,1-3H3;1,3-6H,2H2;1-5H;2*1H;/q-1;;-1;;;+2/p-2. The normalized spacial score (nSPS) is 11.3. The number of rotatable bonds is 7. The second kappa shape index (κ2) is 19.6. The van der Waals surface area contributed by atoms with Gasteiger partial charge >= 0.3 is 74.4 Å². The zero-order valence-corrected chi connectivity index (χ0v) is 31.7. The summed E-state index contributed by atoms with van der Waals surface area (Å²) in [5.41, 5.74) is 13.3. The van der Waals surface area contributed by atoms with Crippen LogP contribution in [0.3, 0.4) is 0 Å². The first-order valence-corrected chi connectivity index (χ1v) is 17.5. The van der Waals surface area contributed by atoms with Crippen LogP contribution in [-0.4, -0.2) is 3.71 Å². The predicted octanol–water partition coefficient (Wildman–Crippen LogP) is 5.15. The van der Waals surface area contributed by atoms with Crippen LogP contribution >= 0.6 is 0 Å². The average molecular weight is 751 g/mol. The van der Waals surface area contributed by atoms with Crippen molar-refractivity contribution < 1.29 is 53.4 Å². The molecule has 7 rings (SSSR count). The Morgan fingerprint density at radius 3 is 2.06 bits per heavy atom. The van der Waals surface area contributed by atoms with Crippen LogP contribution in [0.25, 0.3) is 22.3 Å². The molecule has 0 saturated heterocycles. The van der Waals surface area contributed by atoms with Crippen molar-refractivity contribution in [1.29, 1.82) is 0 Å². The van der Waals surface area contributed by atoms with Crippen LogP contribution in [0.5, 0.6) is 0 Å². The Hall–Kier alpha value is -3.29. The number of benzene rings is 5. The van der Waals surface area contributed by atoms with E-state index in [1.165, 1.54) is 80.4 Å². The summed E-state index contributed by atoms with van der Waals surface area (Å²) in [6, 6.07) is 51.6. The van der Waals surface area contributed by atoms with Crippen LogP contribution in [0, 0.1) is 24.7 Å². The van der Waals surface area contributed by atoms with Gasteiger partial charge in [0.2, 0.25) is 0 Å². The van der Waals surface area contributed by atoms with Crippen LogP contribution in [0.15, 0.2) is 140 Å². The Labute approximate surface area is 314 Å². The van der Waals surface area contributed by atoms with Crippen LogP contribution in [0.2, 0.25) is 0 Å². The summed E-state index contributed by atoms with van der Waals surface area (Å²) in [6.45, 7) is 6.88. The van der Waals surface area contributed by atoms with Crippen LogP contribution in [0.4, 0.5) is 4.39 Å². The third-order valence-corrected chi connectivity index (χ3v) is 9.04. The fourth-order valence-electron chi connectivity index (χ4n) is 6.15. The first-order valence-electron chi connectivity index (χ1n) is 16.1. The van der Waals surface area contributed by atoms with Gasteiger partial charge in [0.25, 0.3) is 0 Å². The molecule has 6 aromatic carbocycles. The van der Waals surface area contributed by atoms with Gasteiger partial charge in [-0.3, -0.25) is 0 Å². The van der Waals surface area contributed by atoms with Crippen LogP contribution in [0.1, 0.15) is 53.1 Å². The molecule has 1 atom stereocenters. The largest absolute Gasteiger partial charge is 1.00 e. The summed E-state index contributed by atoms with van der Waals surface area (Å²) in [5.74, 6) is 0.971. The van der Waals surface area contributed by atoms with E-state index in [1.54, 1.807) is 12.1 Å². The minimum absolute atomic E-state index is 0. The first-order chi connectivity index (χ1) is 22.4. The molecule has 0 spiro atoms. The molecule has 0 radical (unpaired) electrons. The molecule has 6 aromatic rings. The quantitative estimate of drug-likeness (QED) is 0.198. The molecule has 244 valence electrons. The van der Waals surface area contributed by atoms with E-state index >= 15 is 0 Å². The van der Waals surface area contributed by atoms with Crippen molar-refractivity contribution in [2.24, 2.45) is 5.92 Å². The van der Waals surface area contributed by atoms with Crippen molar-refractivity contribution in [2.45, 2.75) is 46.0 Å². The molecular weight excluding hydrogens is 710 g/mol. The molecule has 1 unspecified atom stereocenters. The molecule has 1 aliphatic rings. The molecule has 0 nitrogen and oxygen atoms in total. The minimum atomic E-state index is -0.143. The molecular formula is C44H41Cl2FZr-2. The first kappa shape index (κ1) is 39.2. The second-order valence-electron chi connectivity index (χ2n) is 12.2. The molecule has 0 heterocycles. The summed E-state index contributed by atoms with van der Waals surface area (Å²) in [6.07, 6.45) is 2.91. The van der Waals surface area contributed by atoms with E-state index in [9.17, 15) is 4.39 Å². The average Bonchev–Trinajstić information content (AvgIpc) is 3.76. The minimum Gasteiger partial charge on any atom is -1.00 e. The van der Waals surface area contributed by atoms with Crippen molar-refractivity contribution in [3.63, 3.8) is 0 Å². The van der Waals surface area contributed by atoms with Gasteiger partial charge in [0.1, 0.15) is 0 Å². The van der Waals surface area contributed by atoms with Crippen LogP contribution in [-0.2, 0) is 43.5 Å². The van der Waals surface area contributed by atoms with E-state index in [-0.39, 0.29) is 30.6 Å². The summed E-state index contributed by atoms with van der Waals surface area (Å²) in [4.78, 5) is 0. The summed E-state index contributed by atoms with van der Waals surface area (Å²) < 4.78 is 14.6. The second-order valence-corrected chi connectivity index (χ2v) is 13.2. The van der Waals surface area contributed by atoms with E-state index in [1.807, 2.05) is 36.4 Å². The number of hydrogen-bond acceptors (Lipinski definition) is 0. The fraction of sp³-hybridized carbons (Fsp3) is 0.182. The van der Waals surface area contributed by atoms with Crippen molar-refractivity contribution in [1.82, 2.24) is 0 Å². The van der Waals surface area contributed by atoms with Gasteiger partial charge in [0.05, 0.1) is 0 Å². The zero-order chi connectivity index (χ0) is 32.3. The fourth-order valence-corrected chi connectivity index (χ4v) is 6.72. The summed E-state index contributed by atoms with van der Waals surface area (Å²) >= 11 is 1.39. The summed E-state index contributed by atoms with van der Waals surface area (Å²) in [7, 11) is 0. The monoisotopic (exact) mass is 748 g/mol. The van der Waals surface area contributed by atoms with E-state index in [2.05, 4.69) is 115 Å². The van der Waals surface area contributed by atoms with Gasteiger partial charge in [0.15, 0.2) is 0 Å². The van der Waals surface area contributed by atoms with Gasteiger partial charge < -0.3 is 24.8 Å². The molecule has 0 bridgehead atoms. The molecule has 48 heavy (non-hydrogen) atoms. The van der Waals surface area contributed by atoms with E-state index in [4.69, 9.17) is 0 Å². The van der Waals surface area contributed by atoms with Gasteiger partial charge in [-0.05, 0) is 59.4 Å². The van der Waals surface area contributed by atoms with Gasteiger partial charge in [-0.1, -0.05) is 92.2 Å². The molecule has 1 aliphatic carbocycles.